The van der Waals surface area contributed by atoms with Crippen molar-refractivity contribution >= 4 is 27.8 Å². The highest BCUT2D eigenvalue weighted by Crippen LogP contribution is 2.04. The van der Waals surface area contributed by atoms with Crippen LogP contribution in [-0.4, -0.2) is 49.6 Å². The predicted octanol–water partition coefficient (Wildman–Crippen LogP) is -0.165. The van der Waals surface area contributed by atoms with Crippen LogP contribution in [0.15, 0.2) is 24.3 Å². The summed E-state index contributed by atoms with van der Waals surface area (Å²) in [6, 6.07) is 5.87. The third-order valence-electron chi connectivity index (χ3n) is 3.19. The maximum absolute atomic E-state index is 11.8. The van der Waals surface area contributed by atoms with Gasteiger partial charge in [0.2, 0.25) is 21.8 Å². The van der Waals surface area contributed by atoms with Gasteiger partial charge in [0.05, 0.1) is 17.9 Å². The quantitative estimate of drug-likeness (QED) is 0.441. The van der Waals surface area contributed by atoms with Crippen molar-refractivity contribution < 1.29 is 27.9 Å². The van der Waals surface area contributed by atoms with Crippen molar-refractivity contribution in [1.82, 2.24) is 15.4 Å². The van der Waals surface area contributed by atoms with Gasteiger partial charge in [0.1, 0.15) is 0 Å². The number of nitrogens with one attached hydrogen (secondary N) is 3. The highest BCUT2D eigenvalue weighted by atomic mass is 32.2. The number of carboxylic acid groups (broad SMARTS) is 1. The number of sulfonamides is 1. The first-order chi connectivity index (χ1) is 12.1. The van der Waals surface area contributed by atoms with Crippen LogP contribution in [0.25, 0.3) is 0 Å². The van der Waals surface area contributed by atoms with Gasteiger partial charge in [-0.1, -0.05) is 12.1 Å². The Morgan fingerprint density at radius 1 is 1.08 bits per heavy atom. The summed E-state index contributed by atoms with van der Waals surface area (Å²) in [5.74, 6) is -2.39. The lowest BCUT2D eigenvalue weighted by molar-refractivity contribution is -0.121. The number of carboxylic acids is 1. The van der Waals surface area contributed by atoms with Gasteiger partial charge in [0.25, 0.3) is 0 Å². The zero-order valence-electron chi connectivity index (χ0n) is 14.6. The van der Waals surface area contributed by atoms with E-state index < -0.39 is 33.6 Å². The molecule has 0 aliphatic rings. The standard InChI is InChI=1S/C16H23N3O6S/c1-11(2)19-15(21)10-18-26(24,25)8-7-14(20)17-9-12-3-5-13(6-4-12)16(22)23/h3-6,11,18H,7-10H2,1-2H3,(H,17,20)(H,19,21)(H,22,23). The van der Waals surface area contributed by atoms with Gasteiger partial charge >= 0.3 is 5.97 Å². The Labute approximate surface area is 152 Å². The van der Waals surface area contributed by atoms with E-state index in [1.165, 1.54) is 12.1 Å². The molecule has 0 heterocycles. The van der Waals surface area contributed by atoms with Crippen molar-refractivity contribution in [3.05, 3.63) is 35.4 Å². The number of rotatable bonds is 10. The van der Waals surface area contributed by atoms with Crippen LogP contribution in [0.3, 0.4) is 0 Å². The SMILES string of the molecule is CC(C)NC(=O)CNS(=O)(=O)CCC(=O)NCc1ccc(C(=O)O)cc1. The van der Waals surface area contributed by atoms with Crippen molar-refractivity contribution in [2.24, 2.45) is 0 Å². The number of hydrogen-bond acceptors (Lipinski definition) is 5. The summed E-state index contributed by atoms with van der Waals surface area (Å²) >= 11 is 0. The summed E-state index contributed by atoms with van der Waals surface area (Å²) in [4.78, 5) is 33.9. The fourth-order valence-electron chi connectivity index (χ4n) is 1.90. The smallest absolute Gasteiger partial charge is 0.335 e. The van der Waals surface area contributed by atoms with E-state index in [9.17, 15) is 22.8 Å². The Bertz CT molecular complexity index is 744. The minimum atomic E-state index is -3.74. The summed E-state index contributed by atoms with van der Waals surface area (Å²) in [7, 11) is -3.74. The molecule has 144 valence electrons. The Balaban J connectivity index is 2.36. The second-order valence-electron chi connectivity index (χ2n) is 5.89. The molecule has 2 amide bonds. The maximum Gasteiger partial charge on any atom is 0.335 e. The first-order valence-electron chi connectivity index (χ1n) is 7.94. The third-order valence-corrected chi connectivity index (χ3v) is 4.52. The number of amides is 2. The van der Waals surface area contributed by atoms with Crippen LogP contribution in [-0.2, 0) is 26.2 Å². The van der Waals surface area contributed by atoms with E-state index in [1.54, 1.807) is 26.0 Å². The molecule has 0 fully saturated rings. The van der Waals surface area contributed by atoms with Gasteiger partial charge in [-0.15, -0.1) is 0 Å². The van der Waals surface area contributed by atoms with Gasteiger partial charge in [-0.05, 0) is 31.5 Å². The molecule has 0 atom stereocenters. The van der Waals surface area contributed by atoms with Crippen molar-refractivity contribution in [3.8, 4) is 0 Å². The lowest BCUT2D eigenvalue weighted by Crippen LogP contribution is -2.41. The Kier molecular flexibility index (Phi) is 8.20. The fraction of sp³-hybridized carbons (Fsp3) is 0.438. The molecule has 4 N–H and O–H groups in total. The number of hydrogen-bond donors (Lipinski definition) is 4. The minimum absolute atomic E-state index is 0.0950. The molecule has 0 aromatic heterocycles. The summed E-state index contributed by atoms with van der Waals surface area (Å²) in [6.45, 7) is 3.29. The summed E-state index contributed by atoms with van der Waals surface area (Å²) in [6.07, 6.45) is -0.256. The topological polar surface area (TPSA) is 142 Å². The van der Waals surface area contributed by atoms with Gasteiger partial charge in [-0.3, -0.25) is 9.59 Å². The molecule has 26 heavy (non-hydrogen) atoms. The minimum Gasteiger partial charge on any atom is -0.478 e. The van der Waals surface area contributed by atoms with Crippen LogP contribution in [0.5, 0.6) is 0 Å². The third kappa shape index (κ3) is 8.58. The average molecular weight is 385 g/mol. The summed E-state index contributed by atoms with van der Waals surface area (Å²) in [5, 5.41) is 13.9. The molecule has 0 unspecified atom stereocenters. The van der Waals surface area contributed by atoms with Crippen LogP contribution in [0.1, 0.15) is 36.2 Å². The molecule has 0 aliphatic heterocycles. The van der Waals surface area contributed by atoms with Crippen LogP contribution in [0.4, 0.5) is 0 Å². The summed E-state index contributed by atoms with van der Waals surface area (Å²) in [5.41, 5.74) is 0.827. The second kappa shape index (κ2) is 9.88. The number of carbonyl (C=O) groups excluding carboxylic acids is 2. The molecule has 0 saturated heterocycles. The van der Waals surface area contributed by atoms with Crippen LogP contribution in [0.2, 0.25) is 0 Å². The second-order valence-corrected chi connectivity index (χ2v) is 7.82. The van der Waals surface area contributed by atoms with E-state index in [1.807, 2.05) is 0 Å². The largest absolute Gasteiger partial charge is 0.478 e. The summed E-state index contributed by atoms with van der Waals surface area (Å²) < 4.78 is 25.7. The highest BCUT2D eigenvalue weighted by Gasteiger charge is 2.15. The molecule has 0 spiro atoms. The molecule has 0 bridgehead atoms. The van der Waals surface area contributed by atoms with E-state index >= 15 is 0 Å². The van der Waals surface area contributed by atoms with Crippen LogP contribution >= 0.6 is 0 Å². The zero-order valence-corrected chi connectivity index (χ0v) is 15.4. The first-order valence-corrected chi connectivity index (χ1v) is 9.60. The van der Waals surface area contributed by atoms with Gasteiger partial charge in [-0.2, -0.15) is 0 Å². The van der Waals surface area contributed by atoms with Gasteiger partial charge in [-0.25, -0.2) is 17.9 Å². The van der Waals surface area contributed by atoms with E-state index in [0.717, 1.165) is 0 Å². The van der Waals surface area contributed by atoms with Crippen molar-refractivity contribution in [2.75, 3.05) is 12.3 Å². The molecule has 1 rings (SSSR count). The molecule has 1 aromatic carbocycles. The van der Waals surface area contributed by atoms with Gasteiger partial charge in [0, 0.05) is 19.0 Å². The number of carbonyl (C=O) groups is 3. The van der Waals surface area contributed by atoms with Crippen molar-refractivity contribution in [3.63, 3.8) is 0 Å². The Morgan fingerprint density at radius 2 is 1.69 bits per heavy atom. The Hall–Kier alpha value is -2.46. The number of benzene rings is 1. The molecule has 1 aromatic rings. The predicted molar refractivity (Wildman–Crippen MR) is 94.9 cm³/mol. The lowest BCUT2D eigenvalue weighted by Gasteiger charge is -2.10. The Morgan fingerprint density at radius 3 is 2.23 bits per heavy atom. The first kappa shape index (κ1) is 21.6. The fourth-order valence-corrected chi connectivity index (χ4v) is 2.85. The van der Waals surface area contributed by atoms with Gasteiger partial charge < -0.3 is 15.7 Å². The molecule has 9 nitrogen and oxygen atoms in total. The van der Waals surface area contributed by atoms with Gasteiger partial charge in [0.15, 0.2) is 0 Å². The maximum atomic E-state index is 11.8. The van der Waals surface area contributed by atoms with Crippen molar-refractivity contribution in [2.45, 2.75) is 32.9 Å². The molecule has 0 radical (unpaired) electrons. The molecule has 10 heteroatoms. The molecule has 0 saturated carbocycles. The molecular formula is C16H23N3O6S. The van der Waals surface area contributed by atoms with E-state index in [2.05, 4.69) is 15.4 Å². The highest BCUT2D eigenvalue weighted by molar-refractivity contribution is 7.89. The van der Waals surface area contributed by atoms with E-state index in [4.69, 9.17) is 5.11 Å². The van der Waals surface area contributed by atoms with Crippen LogP contribution < -0.4 is 15.4 Å². The zero-order chi connectivity index (χ0) is 19.7. The van der Waals surface area contributed by atoms with E-state index in [0.29, 0.717) is 5.56 Å². The van der Waals surface area contributed by atoms with Crippen molar-refractivity contribution in [1.29, 1.82) is 0 Å². The molecular weight excluding hydrogens is 362 g/mol. The van der Waals surface area contributed by atoms with E-state index in [-0.39, 0.29) is 31.1 Å². The number of aromatic carboxylic acids is 1. The molecule has 0 aliphatic carbocycles. The van der Waals surface area contributed by atoms with Crippen LogP contribution in [0, 0.1) is 0 Å². The average Bonchev–Trinajstić information content (AvgIpc) is 2.56. The monoisotopic (exact) mass is 385 g/mol. The normalized spacial score (nSPS) is 11.2. The lowest BCUT2D eigenvalue weighted by atomic mass is 10.1.